The Labute approximate surface area is 184 Å². The third-order valence-corrected chi connectivity index (χ3v) is 4.92. The number of carbonyl (C=O) groups excluding carboxylic acids is 1. The number of aliphatic imine (C=N–C) groups is 1. The van der Waals surface area contributed by atoms with Crippen LogP contribution in [0.3, 0.4) is 0 Å². The lowest BCUT2D eigenvalue weighted by atomic mass is 10.2. The van der Waals surface area contributed by atoms with E-state index in [2.05, 4.69) is 9.98 Å². The average Bonchev–Trinajstić information content (AvgIpc) is 3.41. The van der Waals surface area contributed by atoms with Crippen molar-refractivity contribution in [1.82, 2.24) is 9.38 Å². The molecule has 2 aromatic heterocycles. The van der Waals surface area contributed by atoms with Gasteiger partial charge in [-0.05, 0) is 54.1 Å². The first-order chi connectivity index (χ1) is 15.7. The van der Waals surface area contributed by atoms with E-state index in [1.165, 1.54) is 0 Å². The second-order valence-corrected chi connectivity index (χ2v) is 7.12. The maximum atomic E-state index is 12.2. The minimum absolute atomic E-state index is 0.237. The number of fused-ring (bicyclic) bond motifs is 1. The van der Waals surface area contributed by atoms with E-state index in [0.717, 1.165) is 16.9 Å². The molecule has 4 aromatic rings. The maximum absolute atomic E-state index is 12.2. The van der Waals surface area contributed by atoms with Gasteiger partial charge in [0.25, 0.3) is 0 Å². The molecule has 2 aromatic carbocycles. The van der Waals surface area contributed by atoms with Gasteiger partial charge in [-0.2, -0.15) is 0 Å². The zero-order valence-corrected chi connectivity index (χ0v) is 17.3. The standard InChI is InChI=1S/C25H19N3O4/c1-30-21-6-4-5-18(14-21)24-27-22(25(29)32-24)13-17-8-10-20(11-9-17)31-16-19-15-28-12-3-2-7-23(28)26-19/h2-15H,16H2,1H3/b22-13-. The van der Waals surface area contributed by atoms with Crippen molar-refractivity contribution in [2.45, 2.75) is 6.61 Å². The Morgan fingerprint density at radius 2 is 1.91 bits per heavy atom. The molecule has 1 aliphatic rings. The van der Waals surface area contributed by atoms with E-state index in [1.807, 2.05) is 77.5 Å². The van der Waals surface area contributed by atoms with Crippen molar-refractivity contribution in [2.75, 3.05) is 7.11 Å². The van der Waals surface area contributed by atoms with Gasteiger partial charge in [0, 0.05) is 18.0 Å². The zero-order chi connectivity index (χ0) is 21.9. The number of aromatic nitrogens is 2. The first kappa shape index (κ1) is 19.6. The lowest BCUT2D eigenvalue weighted by molar-refractivity contribution is -0.129. The summed E-state index contributed by atoms with van der Waals surface area (Å²) in [6.07, 6.45) is 5.57. The molecular formula is C25H19N3O4. The van der Waals surface area contributed by atoms with Crippen LogP contribution in [-0.4, -0.2) is 28.4 Å². The number of methoxy groups -OCH3 is 1. The van der Waals surface area contributed by atoms with Crippen LogP contribution in [0.25, 0.3) is 11.7 Å². The quantitative estimate of drug-likeness (QED) is 0.341. The van der Waals surface area contributed by atoms with Crippen LogP contribution in [-0.2, 0) is 16.1 Å². The average molecular weight is 425 g/mol. The van der Waals surface area contributed by atoms with Crippen LogP contribution in [0.15, 0.2) is 89.8 Å². The summed E-state index contributed by atoms with van der Waals surface area (Å²) in [4.78, 5) is 21.1. The Bertz CT molecular complexity index is 1320. The van der Waals surface area contributed by atoms with Crippen LogP contribution in [0.1, 0.15) is 16.8 Å². The number of carbonyl (C=O) groups is 1. The van der Waals surface area contributed by atoms with Gasteiger partial charge < -0.3 is 18.6 Å². The summed E-state index contributed by atoms with van der Waals surface area (Å²) in [6.45, 7) is 0.364. The number of rotatable bonds is 6. The number of imidazole rings is 1. The fourth-order valence-corrected chi connectivity index (χ4v) is 3.32. The highest BCUT2D eigenvalue weighted by atomic mass is 16.6. The van der Waals surface area contributed by atoms with Gasteiger partial charge in [-0.25, -0.2) is 14.8 Å². The molecule has 0 aliphatic carbocycles. The molecule has 1 aliphatic heterocycles. The lowest BCUT2D eigenvalue weighted by Gasteiger charge is -2.04. The third-order valence-electron chi connectivity index (χ3n) is 4.92. The molecule has 7 heteroatoms. The van der Waals surface area contributed by atoms with E-state index in [0.29, 0.717) is 23.7 Å². The molecule has 158 valence electrons. The summed E-state index contributed by atoms with van der Waals surface area (Å²) in [5.41, 5.74) is 3.45. The second-order valence-electron chi connectivity index (χ2n) is 7.12. The zero-order valence-electron chi connectivity index (χ0n) is 17.3. The predicted molar refractivity (Wildman–Crippen MR) is 120 cm³/mol. The summed E-state index contributed by atoms with van der Waals surface area (Å²) in [5.74, 6) is 1.14. The number of cyclic esters (lactones) is 1. The molecule has 0 saturated carbocycles. The van der Waals surface area contributed by atoms with Gasteiger partial charge in [0.15, 0.2) is 5.70 Å². The van der Waals surface area contributed by atoms with Gasteiger partial charge in [0.2, 0.25) is 5.90 Å². The van der Waals surface area contributed by atoms with E-state index in [4.69, 9.17) is 14.2 Å². The highest BCUT2D eigenvalue weighted by Crippen LogP contribution is 2.22. The Hall–Kier alpha value is -4.39. The van der Waals surface area contributed by atoms with Gasteiger partial charge in [-0.3, -0.25) is 0 Å². The van der Waals surface area contributed by atoms with Crippen molar-refractivity contribution in [3.63, 3.8) is 0 Å². The van der Waals surface area contributed by atoms with E-state index in [1.54, 1.807) is 19.3 Å². The normalized spacial score (nSPS) is 14.5. The molecule has 7 nitrogen and oxygen atoms in total. The Kier molecular flexibility index (Phi) is 5.13. The minimum Gasteiger partial charge on any atom is -0.497 e. The lowest BCUT2D eigenvalue weighted by Crippen LogP contribution is -2.05. The van der Waals surface area contributed by atoms with Crippen LogP contribution >= 0.6 is 0 Å². The maximum Gasteiger partial charge on any atom is 0.363 e. The summed E-state index contributed by atoms with van der Waals surface area (Å²) >= 11 is 0. The second kappa shape index (κ2) is 8.39. The molecule has 0 amide bonds. The fraction of sp³-hybridized carbons (Fsp3) is 0.0800. The number of ether oxygens (including phenoxy) is 3. The summed E-state index contributed by atoms with van der Waals surface area (Å²) in [5, 5.41) is 0. The first-order valence-corrected chi connectivity index (χ1v) is 10.0. The Balaban J connectivity index is 1.28. The van der Waals surface area contributed by atoms with Crippen LogP contribution in [0.4, 0.5) is 0 Å². The van der Waals surface area contributed by atoms with Crippen LogP contribution < -0.4 is 9.47 Å². The van der Waals surface area contributed by atoms with E-state index >= 15 is 0 Å². The van der Waals surface area contributed by atoms with Crippen molar-refractivity contribution in [3.05, 3.63) is 102 Å². The third kappa shape index (κ3) is 4.09. The largest absolute Gasteiger partial charge is 0.497 e. The van der Waals surface area contributed by atoms with Crippen LogP contribution in [0, 0.1) is 0 Å². The molecule has 0 N–H and O–H groups in total. The van der Waals surface area contributed by atoms with Gasteiger partial charge in [-0.1, -0.05) is 24.3 Å². The van der Waals surface area contributed by atoms with Gasteiger partial charge in [-0.15, -0.1) is 0 Å². The Morgan fingerprint density at radius 3 is 2.72 bits per heavy atom. The molecule has 0 unspecified atom stereocenters. The summed E-state index contributed by atoms with van der Waals surface area (Å²) in [6, 6.07) is 20.5. The molecule has 3 heterocycles. The van der Waals surface area contributed by atoms with Crippen molar-refractivity contribution in [2.24, 2.45) is 4.99 Å². The van der Waals surface area contributed by atoms with Crippen molar-refractivity contribution in [3.8, 4) is 11.5 Å². The number of esters is 1. The number of nitrogens with zero attached hydrogens (tertiary/aromatic N) is 3. The number of benzene rings is 2. The molecular weight excluding hydrogens is 406 g/mol. The summed E-state index contributed by atoms with van der Waals surface area (Å²) in [7, 11) is 1.58. The van der Waals surface area contributed by atoms with Gasteiger partial charge >= 0.3 is 5.97 Å². The number of hydrogen-bond acceptors (Lipinski definition) is 6. The highest BCUT2D eigenvalue weighted by Gasteiger charge is 2.24. The van der Waals surface area contributed by atoms with Crippen molar-refractivity contribution < 1.29 is 19.0 Å². The topological polar surface area (TPSA) is 74.4 Å². The molecule has 0 radical (unpaired) electrons. The number of hydrogen-bond donors (Lipinski definition) is 0. The van der Waals surface area contributed by atoms with E-state index in [-0.39, 0.29) is 11.6 Å². The van der Waals surface area contributed by atoms with Gasteiger partial charge in [0.1, 0.15) is 23.8 Å². The minimum atomic E-state index is -0.491. The molecule has 5 rings (SSSR count). The highest BCUT2D eigenvalue weighted by molar-refractivity contribution is 6.12. The van der Waals surface area contributed by atoms with Crippen molar-refractivity contribution in [1.29, 1.82) is 0 Å². The first-order valence-electron chi connectivity index (χ1n) is 10.0. The molecule has 0 atom stereocenters. The van der Waals surface area contributed by atoms with E-state index < -0.39 is 5.97 Å². The van der Waals surface area contributed by atoms with Crippen molar-refractivity contribution >= 4 is 23.6 Å². The molecule has 0 fully saturated rings. The molecule has 0 bridgehead atoms. The smallest absolute Gasteiger partial charge is 0.363 e. The SMILES string of the molecule is COc1cccc(C2=N/C(=C\c3ccc(OCc4cn5ccccc5n4)cc3)C(=O)O2)c1. The van der Waals surface area contributed by atoms with Crippen LogP contribution in [0.2, 0.25) is 0 Å². The molecule has 0 saturated heterocycles. The molecule has 0 spiro atoms. The Morgan fingerprint density at radius 1 is 1.03 bits per heavy atom. The predicted octanol–water partition coefficient (Wildman–Crippen LogP) is 4.27. The summed E-state index contributed by atoms with van der Waals surface area (Å²) < 4.78 is 18.3. The van der Waals surface area contributed by atoms with Crippen LogP contribution in [0.5, 0.6) is 11.5 Å². The number of pyridine rings is 1. The van der Waals surface area contributed by atoms with E-state index in [9.17, 15) is 4.79 Å². The fourth-order valence-electron chi connectivity index (χ4n) is 3.32. The van der Waals surface area contributed by atoms with Gasteiger partial charge in [0.05, 0.1) is 12.8 Å². The monoisotopic (exact) mass is 425 g/mol. The molecule has 32 heavy (non-hydrogen) atoms.